The maximum Gasteiger partial charge on any atom is 0.252 e. The van der Waals surface area contributed by atoms with Crippen LogP contribution in [0.4, 0.5) is 45.5 Å². The van der Waals surface area contributed by atoms with Crippen molar-refractivity contribution in [3.05, 3.63) is 222 Å². The van der Waals surface area contributed by atoms with Crippen molar-refractivity contribution >= 4 is 68.6 Å². The van der Waals surface area contributed by atoms with Crippen molar-refractivity contribution < 1.29 is 0 Å². The molecule has 84 heavy (non-hydrogen) atoms. The van der Waals surface area contributed by atoms with Crippen molar-refractivity contribution in [1.82, 2.24) is 0 Å². The average Bonchev–Trinajstić information content (AvgIpc) is 1.16. The molecule has 0 aromatic heterocycles. The maximum absolute atomic E-state index is 2.88. The highest BCUT2D eigenvalue weighted by Gasteiger charge is 2.57. The first-order valence-electron chi connectivity index (χ1n) is 31.6. The summed E-state index contributed by atoms with van der Waals surface area (Å²) in [5, 5.41) is 0. The predicted octanol–water partition coefficient (Wildman–Crippen LogP) is 20.2. The molecule has 2 aliphatic carbocycles. The fourth-order valence-corrected chi connectivity index (χ4v) is 16.0. The Hall–Kier alpha value is -7.56. The van der Waals surface area contributed by atoms with Crippen LogP contribution in [-0.4, -0.2) is 12.3 Å². The number of fused-ring (bicyclic) bond motifs is 8. The lowest BCUT2D eigenvalue weighted by Gasteiger charge is -2.50. The summed E-state index contributed by atoms with van der Waals surface area (Å²) in [5.41, 5.74) is 28.3. The molecule has 0 saturated heterocycles. The largest absolute Gasteiger partial charge is 0.334 e. The first kappa shape index (κ1) is 54.4. The van der Waals surface area contributed by atoms with Crippen LogP contribution in [0.3, 0.4) is 0 Å². The van der Waals surface area contributed by atoms with Gasteiger partial charge < -0.3 is 14.7 Å². The molecule has 422 valence electrons. The predicted molar refractivity (Wildman–Crippen MR) is 361 cm³/mol. The average molecular weight is 1100 g/mol. The van der Waals surface area contributed by atoms with Crippen molar-refractivity contribution in [3.8, 4) is 33.4 Å². The van der Waals surface area contributed by atoms with Gasteiger partial charge in [0.25, 0.3) is 6.71 Å². The van der Waals surface area contributed by atoms with Crippen molar-refractivity contribution in [2.75, 3.05) is 14.7 Å². The summed E-state index contributed by atoms with van der Waals surface area (Å²) >= 11 is 0. The Morgan fingerprint density at radius 1 is 0.357 bits per heavy atom. The highest BCUT2D eigenvalue weighted by atomic mass is 15.3. The van der Waals surface area contributed by atoms with Crippen molar-refractivity contribution in [2.24, 2.45) is 0 Å². The Bertz CT molecular complexity index is 4030. The highest BCUT2D eigenvalue weighted by molar-refractivity contribution is 7.00. The lowest BCUT2D eigenvalue weighted by Crippen LogP contribution is -2.62. The molecule has 0 amide bonds. The fourth-order valence-electron chi connectivity index (χ4n) is 16.0. The zero-order chi connectivity index (χ0) is 58.3. The monoisotopic (exact) mass is 1100 g/mol. The summed E-state index contributed by atoms with van der Waals surface area (Å²) in [5.74, 6) is 0. The first-order valence-corrected chi connectivity index (χ1v) is 31.6. The summed E-state index contributed by atoms with van der Waals surface area (Å²) in [6, 6.07) is 75.8. The Balaban J connectivity index is 1.14. The fraction of sp³-hybridized carbons (Fsp3) is 0.325. The molecule has 9 aromatic rings. The molecule has 9 aromatic carbocycles. The van der Waals surface area contributed by atoms with Crippen LogP contribution in [-0.2, 0) is 27.1 Å². The van der Waals surface area contributed by atoms with Gasteiger partial charge in [-0.1, -0.05) is 241 Å². The molecule has 1 fully saturated rings. The second-order valence-corrected chi connectivity index (χ2v) is 29.5. The van der Waals surface area contributed by atoms with Gasteiger partial charge in [0.1, 0.15) is 0 Å². The van der Waals surface area contributed by atoms with Crippen LogP contribution in [0.25, 0.3) is 33.4 Å². The standard InChI is InChI=1S/C80H84BN3/c1-75(2,3)58-35-40-68(62(47-58)56-30-22-17-23-31-56)83-71-52-64-63(77(7,8)44-45-78(64,9)10)51-67(71)81-66-46-57(54-28-20-16-21-29-54)34-39-70(66)82(60-37-32-55(33-38-60)53-26-18-15-19-27-53)72-49-61(50-73(83)74(72)81)84-69-41-36-59(76(4,5)6)48-65(69)79(11)42-24-13-14-25-43-80(79,84)12/h15-23,26-41,46-52H,13-14,24-25,42-45H2,1-12H3. The van der Waals surface area contributed by atoms with Crippen LogP contribution in [0.1, 0.15) is 162 Å². The second kappa shape index (κ2) is 19.5. The summed E-state index contributed by atoms with van der Waals surface area (Å²) in [7, 11) is 0. The van der Waals surface area contributed by atoms with E-state index >= 15 is 0 Å². The smallest absolute Gasteiger partial charge is 0.252 e. The van der Waals surface area contributed by atoms with Crippen LogP contribution in [0.2, 0.25) is 0 Å². The highest BCUT2D eigenvalue weighted by Crippen LogP contribution is 2.62. The normalized spacial score (nSPS) is 20.2. The van der Waals surface area contributed by atoms with Crippen molar-refractivity contribution in [3.63, 3.8) is 0 Å². The van der Waals surface area contributed by atoms with Gasteiger partial charge in [-0.25, -0.2) is 0 Å². The number of hydrogen-bond acceptors (Lipinski definition) is 3. The third-order valence-corrected chi connectivity index (χ3v) is 21.3. The molecule has 3 heterocycles. The minimum absolute atomic E-state index is 0.00711. The van der Waals surface area contributed by atoms with E-state index in [-0.39, 0.29) is 39.3 Å². The Labute approximate surface area is 502 Å². The maximum atomic E-state index is 2.88. The van der Waals surface area contributed by atoms with Gasteiger partial charge in [-0.05, 0) is 181 Å². The minimum atomic E-state index is -0.207. The summed E-state index contributed by atoms with van der Waals surface area (Å²) in [6.45, 7) is 29.5. The SMILES string of the molecule is CC(C)(C)c1ccc(N2c3cc4c(cc3B3c5cc(-c6ccccc6)ccc5N(c5ccc(-c6ccccc6)cc5)c5cc(N6c7ccc(C(C)(C)C)cc7C7(C)CCCCCCC67C)cc2c53)C(C)(C)CCC4(C)C)c(-c2ccccc2)c1. The van der Waals surface area contributed by atoms with Gasteiger partial charge in [0.2, 0.25) is 0 Å². The zero-order valence-electron chi connectivity index (χ0n) is 52.1. The molecular weight excluding hydrogens is 1010 g/mol. The van der Waals surface area contributed by atoms with Crippen molar-refractivity contribution in [2.45, 2.75) is 167 Å². The molecule has 0 N–H and O–H groups in total. The van der Waals surface area contributed by atoms with Crippen LogP contribution >= 0.6 is 0 Å². The first-order chi connectivity index (χ1) is 40.1. The molecule has 0 bridgehead atoms. The molecule has 0 radical (unpaired) electrons. The molecular formula is C80H84BN3. The summed E-state index contributed by atoms with van der Waals surface area (Å²) in [6.07, 6.45) is 9.56. The molecule has 3 nitrogen and oxygen atoms in total. The van der Waals surface area contributed by atoms with E-state index < -0.39 is 0 Å². The Kier molecular flexibility index (Phi) is 12.6. The molecule has 4 heteroatoms. The van der Waals surface area contributed by atoms with Gasteiger partial charge >= 0.3 is 0 Å². The lowest BCUT2D eigenvalue weighted by atomic mass is 9.33. The van der Waals surface area contributed by atoms with Gasteiger partial charge in [0.05, 0.1) is 11.2 Å². The molecule has 0 spiro atoms. The van der Waals surface area contributed by atoms with Gasteiger partial charge in [0.15, 0.2) is 0 Å². The topological polar surface area (TPSA) is 9.72 Å². The molecule has 2 atom stereocenters. The summed E-state index contributed by atoms with van der Waals surface area (Å²) < 4.78 is 0. The molecule has 2 unspecified atom stereocenters. The second-order valence-electron chi connectivity index (χ2n) is 29.5. The number of benzene rings is 9. The molecule has 5 aliphatic rings. The van der Waals surface area contributed by atoms with E-state index in [9.17, 15) is 0 Å². The van der Waals surface area contributed by atoms with Gasteiger partial charge in [-0.3, -0.25) is 0 Å². The van der Waals surface area contributed by atoms with Crippen LogP contribution in [0.15, 0.2) is 194 Å². The molecule has 14 rings (SSSR count). The molecule has 3 aliphatic heterocycles. The number of nitrogens with zero attached hydrogens (tertiary/aromatic N) is 3. The molecule has 1 saturated carbocycles. The Morgan fingerprint density at radius 3 is 1.48 bits per heavy atom. The van der Waals surface area contributed by atoms with E-state index in [0.29, 0.717) is 0 Å². The van der Waals surface area contributed by atoms with E-state index in [0.717, 1.165) is 31.4 Å². The van der Waals surface area contributed by atoms with Gasteiger partial charge in [-0.15, -0.1) is 0 Å². The van der Waals surface area contributed by atoms with E-state index in [4.69, 9.17) is 0 Å². The third-order valence-electron chi connectivity index (χ3n) is 21.3. The number of hydrogen-bond donors (Lipinski definition) is 0. The van der Waals surface area contributed by atoms with Gasteiger partial charge in [-0.2, -0.15) is 0 Å². The van der Waals surface area contributed by atoms with Crippen molar-refractivity contribution in [1.29, 1.82) is 0 Å². The lowest BCUT2D eigenvalue weighted by molar-refractivity contribution is 0.217. The zero-order valence-corrected chi connectivity index (χ0v) is 52.1. The van der Waals surface area contributed by atoms with E-state index in [1.54, 1.807) is 0 Å². The van der Waals surface area contributed by atoms with E-state index in [1.165, 1.54) is 143 Å². The Morgan fingerprint density at radius 2 is 0.857 bits per heavy atom. The van der Waals surface area contributed by atoms with Crippen LogP contribution in [0, 0.1) is 0 Å². The summed E-state index contributed by atoms with van der Waals surface area (Å²) in [4.78, 5) is 8.30. The van der Waals surface area contributed by atoms with Gasteiger partial charge in [0, 0.05) is 50.8 Å². The van der Waals surface area contributed by atoms with Crippen LogP contribution in [0.5, 0.6) is 0 Å². The number of rotatable bonds is 6. The number of anilines is 8. The third kappa shape index (κ3) is 8.57. The van der Waals surface area contributed by atoms with Crippen LogP contribution < -0.4 is 31.1 Å². The van der Waals surface area contributed by atoms with E-state index in [1.807, 2.05) is 0 Å². The quantitative estimate of drug-likeness (QED) is 0.154. The van der Waals surface area contributed by atoms with E-state index in [2.05, 4.69) is 292 Å². The minimum Gasteiger partial charge on any atom is -0.334 e.